The Morgan fingerprint density at radius 3 is 1.24 bits per heavy atom. The van der Waals surface area contributed by atoms with Crippen LogP contribution in [0, 0.1) is 37.3 Å². The standard InChI is InChI=1S/C25H22FN3O4S.C25H22FN3O2S.5K.2H2O5S.2H2O4S/c1-15-10-17(8-9-20(15)22(30)11-16-6-7-16)21-14-27-25-23(34(2,31)32)13-24(28-29(21)25)33-19-5-3-4-18(26)12-19;1-15-10-17(8-9-20(15)22(30)11-16-6-7-16)21-14-27-25-23(32-2)13-24(28-29(21)25)31-19-5-3-4-18(26)12-19;;;;;;2*1-5-6(2,3)4;2*1-5(2,3)4/h3-5,8-10,12-14,16H,6-7,11H2,1-2H3;3-5,8-10,12-14,16H,6-7,11H2,1-2H3;;;;;;2*1H,(H,2,3,4);2*(H2,1,2,3,4)/q;;5*+1;;;;/p-5. The van der Waals surface area contributed by atoms with Crippen molar-refractivity contribution in [3.63, 3.8) is 0 Å². The van der Waals surface area contributed by atoms with Crippen molar-refractivity contribution in [2.45, 2.75) is 62.2 Å². The third-order valence-electron chi connectivity index (χ3n) is 11.6. The number of carbonyl (C=O) groups is 2. The van der Waals surface area contributed by atoms with Crippen molar-refractivity contribution >= 4 is 86.1 Å². The molecule has 2 aliphatic carbocycles. The van der Waals surface area contributed by atoms with Gasteiger partial charge in [0, 0.05) is 76.0 Å². The molecule has 0 bridgehead atoms. The second kappa shape index (κ2) is 42.4. The largest absolute Gasteiger partial charge is 1.00 e. The van der Waals surface area contributed by atoms with Gasteiger partial charge >= 0.3 is 257 Å². The fourth-order valence-electron chi connectivity index (χ4n) is 7.72. The van der Waals surface area contributed by atoms with Crippen LogP contribution in [0.15, 0.2) is 119 Å². The summed E-state index contributed by atoms with van der Waals surface area (Å²) in [6.07, 6.45) is 12.1. The van der Waals surface area contributed by atoms with Crippen LogP contribution >= 0.6 is 11.8 Å². The van der Waals surface area contributed by atoms with E-state index < -0.39 is 57.3 Å². The first kappa shape index (κ1) is 93.8. The van der Waals surface area contributed by atoms with E-state index in [1.54, 1.807) is 47.1 Å². The van der Waals surface area contributed by atoms with Crippen LogP contribution in [0.1, 0.15) is 70.4 Å². The van der Waals surface area contributed by atoms with Crippen molar-refractivity contribution in [1.29, 1.82) is 0 Å². The van der Waals surface area contributed by atoms with Gasteiger partial charge in [-0.1, -0.05) is 36.4 Å². The van der Waals surface area contributed by atoms with E-state index in [1.165, 1.54) is 58.9 Å². The predicted molar refractivity (Wildman–Crippen MR) is 297 cm³/mol. The molecule has 0 unspecified atom stereocenters. The number of aryl methyl sites for hydroxylation is 2. The third kappa shape index (κ3) is 34.6. The number of halogens is 2. The molecule has 476 valence electrons. The predicted octanol–water partition coefficient (Wildman–Crippen LogP) is -8.08. The maximum absolute atomic E-state index is 13.6. The van der Waals surface area contributed by atoms with E-state index in [1.807, 2.05) is 44.4 Å². The summed E-state index contributed by atoms with van der Waals surface area (Å²) in [6, 6.07) is 25.8. The minimum Gasteiger partial charge on any atom is -0.759 e. The summed E-state index contributed by atoms with van der Waals surface area (Å²) < 4.78 is 192. The van der Waals surface area contributed by atoms with E-state index in [0.717, 1.165) is 70.3 Å². The number of rotatable bonds is 16. The number of carbonyl (C=O) groups excluding carboxylic acids is 2. The molecular formula is C50H47F2K5N6O24S6. The molecule has 4 heterocycles. The summed E-state index contributed by atoms with van der Waals surface area (Å²) in [4.78, 5) is 34.8. The van der Waals surface area contributed by atoms with Gasteiger partial charge in [0.05, 0.1) is 28.7 Å². The van der Waals surface area contributed by atoms with E-state index in [9.17, 15) is 26.8 Å². The summed E-state index contributed by atoms with van der Waals surface area (Å²) in [5.41, 5.74) is 7.07. The van der Waals surface area contributed by atoms with Crippen LogP contribution in [0.3, 0.4) is 0 Å². The van der Waals surface area contributed by atoms with Gasteiger partial charge in [-0.25, -0.2) is 72.0 Å². The molecule has 10 rings (SSSR count). The maximum atomic E-state index is 13.6. The first-order valence-corrected chi connectivity index (χ1v) is 32.9. The van der Waals surface area contributed by atoms with Gasteiger partial charge in [-0.15, -0.1) is 30.6 Å². The molecule has 0 atom stereocenters. The SMILES string of the molecule is CSc1cc(Oc2cccc(F)c2)nn2c(-c3ccc(C(=O)CC4CC4)c(C)c3)cnc12.Cc1cc(-c2cnc3c(S(C)(=O)=O)cc(Oc4cccc(F)c4)nn23)ccc1C(=O)CC1CC1.O=S(=O)([O-])O.O=S(=O)([O-])OO.O=S(=O)([O-])OO.O=S(=O)([O-])[O-].[K+].[K+].[K+].[K+].[K+]. The molecule has 0 saturated heterocycles. The number of benzene rings is 4. The Balaban J connectivity index is 0.00000132. The summed E-state index contributed by atoms with van der Waals surface area (Å²) in [6.45, 7) is 3.84. The van der Waals surface area contributed by atoms with E-state index in [0.29, 0.717) is 53.2 Å². The topological polar surface area (TPSA) is 478 Å². The zero-order valence-electron chi connectivity index (χ0n) is 50.6. The number of thioether (sulfide) groups is 1. The summed E-state index contributed by atoms with van der Waals surface area (Å²) in [5, 5.41) is 23.0. The van der Waals surface area contributed by atoms with Crippen LogP contribution in [0.5, 0.6) is 23.3 Å². The quantitative estimate of drug-likeness (QED) is 0.0154. The number of ketones is 2. The Hall–Kier alpha value is 0.802. The molecule has 0 radical (unpaired) electrons. The molecule has 43 heteroatoms. The van der Waals surface area contributed by atoms with Crippen molar-refractivity contribution in [3.05, 3.63) is 143 Å². The first-order valence-electron chi connectivity index (χ1n) is 24.4. The number of nitrogens with zero attached hydrogens (tertiary/aromatic N) is 6. The number of fused-ring (bicyclic) bond motifs is 2. The molecule has 4 aromatic carbocycles. The van der Waals surface area contributed by atoms with E-state index in [4.69, 9.17) is 81.0 Å². The minimum absolute atomic E-state index is 0. The molecule has 2 saturated carbocycles. The average Bonchev–Trinajstić information content (AvgIpc) is 1.72. The Morgan fingerprint density at radius 1 is 0.581 bits per heavy atom. The molecule has 2 fully saturated rings. The van der Waals surface area contributed by atoms with Gasteiger partial charge in [0.15, 0.2) is 32.7 Å². The number of hydrogen-bond acceptors (Lipinski definition) is 28. The van der Waals surface area contributed by atoms with Crippen LogP contribution in [-0.4, -0.2) is 133 Å². The van der Waals surface area contributed by atoms with E-state index in [2.05, 4.69) is 28.8 Å². The van der Waals surface area contributed by atoms with Crippen LogP contribution in [0.2, 0.25) is 0 Å². The van der Waals surface area contributed by atoms with Gasteiger partial charge in [0.2, 0.25) is 43.0 Å². The molecule has 0 amide bonds. The molecule has 0 spiro atoms. The second-order valence-electron chi connectivity index (χ2n) is 18.5. The van der Waals surface area contributed by atoms with Crippen molar-refractivity contribution in [1.82, 2.24) is 29.2 Å². The normalized spacial score (nSPS) is 12.5. The van der Waals surface area contributed by atoms with Gasteiger partial charge in [-0.2, -0.15) is 0 Å². The molecular weight excluding hydrogens is 1490 g/mol. The first-order chi connectivity index (χ1) is 40.8. The molecule has 2 aliphatic rings. The fraction of sp³-hybridized carbons (Fsp3) is 0.240. The van der Waals surface area contributed by atoms with Gasteiger partial charge < -0.3 is 32.2 Å². The second-order valence-corrected chi connectivity index (χ2v) is 25.0. The molecule has 4 aromatic heterocycles. The van der Waals surface area contributed by atoms with E-state index >= 15 is 0 Å². The number of sulfone groups is 1. The van der Waals surface area contributed by atoms with Gasteiger partial charge in [-0.05, 0) is 105 Å². The Bertz CT molecular complexity index is 4380. The number of imidazole rings is 2. The van der Waals surface area contributed by atoms with E-state index in [-0.39, 0.29) is 296 Å². The Morgan fingerprint density at radius 2 is 0.925 bits per heavy atom. The van der Waals surface area contributed by atoms with Crippen LogP contribution in [-0.2, 0) is 60.1 Å². The number of Topliss-reactive ketones (excluding diaryl/α,β-unsaturated/α-hetero) is 2. The maximum Gasteiger partial charge on any atom is 1.00 e. The molecule has 30 nitrogen and oxygen atoms in total. The van der Waals surface area contributed by atoms with Gasteiger partial charge in [0.25, 0.3) is 0 Å². The minimum atomic E-state index is -5.17. The summed E-state index contributed by atoms with van der Waals surface area (Å²) in [7, 11) is -23.5. The molecule has 93 heavy (non-hydrogen) atoms. The average molecular weight is 1540 g/mol. The van der Waals surface area contributed by atoms with Crippen molar-refractivity contribution in [2.24, 2.45) is 11.8 Å². The number of aromatic nitrogens is 6. The molecule has 3 N–H and O–H groups in total. The van der Waals surface area contributed by atoms with Crippen molar-refractivity contribution in [3.8, 4) is 45.8 Å². The van der Waals surface area contributed by atoms with Crippen LogP contribution in [0.25, 0.3) is 33.8 Å². The van der Waals surface area contributed by atoms with Crippen molar-refractivity contribution in [2.75, 3.05) is 12.5 Å². The van der Waals surface area contributed by atoms with Crippen LogP contribution in [0.4, 0.5) is 8.78 Å². The summed E-state index contributed by atoms with van der Waals surface area (Å²) >= 11 is 1.53. The molecule has 0 aliphatic heterocycles. The molecule has 8 aromatic rings. The Labute approximate surface area is 749 Å². The number of ether oxygens (including phenoxy) is 2. The third-order valence-corrected chi connectivity index (χ3v) is 13.9. The van der Waals surface area contributed by atoms with Crippen LogP contribution < -0.4 is 266 Å². The smallest absolute Gasteiger partial charge is 0.759 e. The zero-order chi connectivity index (χ0) is 65.7. The van der Waals surface area contributed by atoms with Gasteiger partial charge in [-0.3, -0.25) is 22.6 Å². The number of hydrogen-bond donors (Lipinski definition) is 3. The van der Waals surface area contributed by atoms with Gasteiger partial charge in [0.1, 0.15) is 28.0 Å². The fourth-order valence-corrected chi connectivity index (χ4v) is 9.04. The van der Waals surface area contributed by atoms with Crippen molar-refractivity contribution < 1.29 is 373 Å². The Kier molecular flexibility index (Phi) is 42.8. The summed E-state index contributed by atoms with van der Waals surface area (Å²) in [5.74, 6) is 1.43. The zero-order valence-corrected chi connectivity index (χ0v) is 71.1. The monoisotopic (exact) mass is 1540 g/mol.